The van der Waals surface area contributed by atoms with E-state index in [4.69, 9.17) is 0 Å². The summed E-state index contributed by atoms with van der Waals surface area (Å²) in [6.45, 7) is 10.5. The van der Waals surface area contributed by atoms with Crippen LogP contribution in [0.15, 0.2) is 0 Å². The SMILES string of the molecule is CCC(C)C(C)(C)CCNC. The topological polar surface area (TPSA) is 12.0 Å². The van der Waals surface area contributed by atoms with Gasteiger partial charge in [-0.3, -0.25) is 0 Å². The minimum absolute atomic E-state index is 0.498. The fourth-order valence-electron chi connectivity index (χ4n) is 1.25. The molecule has 11 heavy (non-hydrogen) atoms. The van der Waals surface area contributed by atoms with Crippen LogP contribution in [0.5, 0.6) is 0 Å². The van der Waals surface area contributed by atoms with Crippen molar-refractivity contribution >= 4 is 0 Å². The Morgan fingerprint density at radius 2 is 1.91 bits per heavy atom. The Kier molecular flexibility index (Phi) is 4.74. The third kappa shape index (κ3) is 3.76. The van der Waals surface area contributed by atoms with Gasteiger partial charge >= 0.3 is 0 Å². The van der Waals surface area contributed by atoms with E-state index >= 15 is 0 Å². The highest BCUT2D eigenvalue weighted by atomic mass is 14.8. The molecular formula is C10H23N. The van der Waals surface area contributed by atoms with Crippen LogP contribution in [0.3, 0.4) is 0 Å². The molecule has 0 aliphatic rings. The van der Waals surface area contributed by atoms with Crippen LogP contribution in [-0.2, 0) is 0 Å². The predicted molar refractivity (Wildman–Crippen MR) is 51.8 cm³/mol. The molecule has 1 nitrogen and oxygen atoms in total. The zero-order chi connectivity index (χ0) is 8.91. The number of hydrogen-bond acceptors (Lipinski definition) is 1. The van der Waals surface area contributed by atoms with Crippen molar-refractivity contribution < 1.29 is 0 Å². The molecule has 1 atom stereocenters. The van der Waals surface area contributed by atoms with Crippen LogP contribution >= 0.6 is 0 Å². The third-order valence-corrected chi connectivity index (χ3v) is 2.97. The second-order valence-corrected chi connectivity index (χ2v) is 4.15. The van der Waals surface area contributed by atoms with Crippen LogP contribution in [0.4, 0.5) is 0 Å². The second kappa shape index (κ2) is 4.76. The molecule has 0 aromatic carbocycles. The van der Waals surface area contributed by atoms with E-state index in [0.717, 1.165) is 12.5 Å². The number of nitrogens with one attached hydrogen (secondary N) is 1. The lowest BCUT2D eigenvalue weighted by atomic mass is 9.76. The van der Waals surface area contributed by atoms with Gasteiger partial charge < -0.3 is 5.32 Å². The fraction of sp³-hybridized carbons (Fsp3) is 1.00. The summed E-state index contributed by atoms with van der Waals surface area (Å²) < 4.78 is 0. The van der Waals surface area contributed by atoms with Gasteiger partial charge in [-0.05, 0) is 31.3 Å². The number of rotatable bonds is 5. The van der Waals surface area contributed by atoms with Crippen LogP contribution in [0.25, 0.3) is 0 Å². The lowest BCUT2D eigenvalue weighted by molar-refractivity contribution is 0.206. The van der Waals surface area contributed by atoms with Crippen molar-refractivity contribution in [2.24, 2.45) is 11.3 Å². The van der Waals surface area contributed by atoms with Crippen molar-refractivity contribution in [3.63, 3.8) is 0 Å². The van der Waals surface area contributed by atoms with Crippen molar-refractivity contribution in [3.05, 3.63) is 0 Å². The van der Waals surface area contributed by atoms with Gasteiger partial charge in [0.1, 0.15) is 0 Å². The summed E-state index contributed by atoms with van der Waals surface area (Å²) in [6.07, 6.45) is 2.56. The van der Waals surface area contributed by atoms with Crippen molar-refractivity contribution in [2.45, 2.75) is 40.5 Å². The predicted octanol–water partition coefficient (Wildman–Crippen LogP) is 2.67. The van der Waals surface area contributed by atoms with E-state index in [1.165, 1.54) is 12.8 Å². The molecule has 0 saturated heterocycles. The average Bonchev–Trinajstić information content (AvgIpc) is 1.99. The van der Waals surface area contributed by atoms with E-state index in [2.05, 4.69) is 33.0 Å². The third-order valence-electron chi connectivity index (χ3n) is 2.97. The van der Waals surface area contributed by atoms with Gasteiger partial charge in [0.25, 0.3) is 0 Å². The molecule has 1 N–H and O–H groups in total. The molecule has 0 fully saturated rings. The fourth-order valence-corrected chi connectivity index (χ4v) is 1.25. The summed E-state index contributed by atoms with van der Waals surface area (Å²) in [7, 11) is 2.02. The van der Waals surface area contributed by atoms with Gasteiger partial charge in [-0.25, -0.2) is 0 Å². The summed E-state index contributed by atoms with van der Waals surface area (Å²) in [5, 5.41) is 3.20. The normalized spacial score (nSPS) is 15.0. The number of hydrogen-bond donors (Lipinski definition) is 1. The maximum absolute atomic E-state index is 3.20. The van der Waals surface area contributed by atoms with Crippen molar-refractivity contribution in [3.8, 4) is 0 Å². The Morgan fingerprint density at radius 1 is 1.36 bits per heavy atom. The van der Waals surface area contributed by atoms with Crippen molar-refractivity contribution in [2.75, 3.05) is 13.6 Å². The first-order chi connectivity index (χ1) is 5.04. The minimum atomic E-state index is 0.498. The quantitative estimate of drug-likeness (QED) is 0.647. The lowest BCUT2D eigenvalue weighted by Crippen LogP contribution is -2.25. The molecule has 0 bridgehead atoms. The minimum Gasteiger partial charge on any atom is -0.320 e. The Bertz CT molecular complexity index is 97.0. The van der Waals surface area contributed by atoms with Gasteiger partial charge in [0.05, 0.1) is 0 Å². The Hall–Kier alpha value is -0.0400. The largest absolute Gasteiger partial charge is 0.320 e. The van der Waals surface area contributed by atoms with E-state index in [9.17, 15) is 0 Å². The van der Waals surface area contributed by atoms with Crippen LogP contribution < -0.4 is 5.32 Å². The highest BCUT2D eigenvalue weighted by Gasteiger charge is 2.23. The van der Waals surface area contributed by atoms with Gasteiger partial charge in [0, 0.05) is 0 Å². The summed E-state index contributed by atoms with van der Waals surface area (Å²) in [5.41, 5.74) is 0.498. The summed E-state index contributed by atoms with van der Waals surface area (Å²) in [6, 6.07) is 0. The first kappa shape index (κ1) is 11.0. The molecule has 0 aliphatic carbocycles. The van der Waals surface area contributed by atoms with Crippen molar-refractivity contribution in [1.82, 2.24) is 5.32 Å². The Morgan fingerprint density at radius 3 is 2.27 bits per heavy atom. The summed E-state index contributed by atoms with van der Waals surface area (Å²) in [5.74, 6) is 0.829. The smallest absolute Gasteiger partial charge is 0.00467 e. The molecule has 0 amide bonds. The molecule has 1 heteroatoms. The Balaban J connectivity index is 3.77. The molecule has 68 valence electrons. The highest BCUT2D eigenvalue weighted by molar-refractivity contribution is 4.74. The van der Waals surface area contributed by atoms with Crippen LogP contribution in [0.2, 0.25) is 0 Å². The van der Waals surface area contributed by atoms with Gasteiger partial charge in [-0.1, -0.05) is 34.1 Å². The second-order valence-electron chi connectivity index (χ2n) is 4.15. The van der Waals surface area contributed by atoms with Gasteiger partial charge in [0.15, 0.2) is 0 Å². The molecule has 0 rings (SSSR count). The molecular weight excluding hydrogens is 134 g/mol. The maximum atomic E-state index is 3.20. The Labute approximate surface area is 71.6 Å². The molecule has 0 spiro atoms. The average molecular weight is 157 g/mol. The van der Waals surface area contributed by atoms with E-state index in [1.807, 2.05) is 7.05 Å². The van der Waals surface area contributed by atoms with Crippen LogP contribution in [0.1, 0.15) is 40.5 Å². The van der Waals surface area contributed by atoms with Crippen LogP contribution in [-0.4, -0.2) is 13.6 Å². The molecule has 0 aromatic rings. The summed E-state index contributed by atoms with van der Waals surface area (Å²) in [4.78, 5) is 0. The first-order valence-corrected chi connectivity index (χ1v) is 4.69. The van der Waals surface area contributed by atoms with Gasteiger partial charge in [0.2, 0.25) is 0 Å². The van der Waals surface area contributed by atoms with Gasteiger partial charge in [-0.15, -0.1) is 0 Å². The highest BCUT2D eigenvalue weighted by Crippen LogP contribution is 2.31. The summed E-state index contributed by atoms with van der Waals surface area (Å²) >= 11 is 0. The molecule has 0 radical (unpaired) electrons. The molecule has 0 aromatic heterocycles. The van der Waals surface area contributed by atoms with Crippen molar-refractivity contribution in [1.29, 1.82) is 0 Å². The monoisotopic (exact) mass is 157 g/mol. The van der Waals surface area contributed by atoms with E-state index in [-0.39, 0.29) is 0 Å². The van der Waals surface area contributed by atoms with E-state index < -0.39 is 0 Å². The maximum Gasteiger partial charge on any atom is -0.00467 e. The lowest BCUT2D eigenvalue weighted by Gasteiger charge is -2.31. The molecule has 0 aliphatic heterocycles. The van der Waals surface area contributed by atoms with E-state index in [1.54, 1.807) is 0 Å². The standard InChI is InChI=1S/C10H23N/c1-6-9(2)10(3,4)7-8-11-5/h9,11H,6-8H2,1-5H3. The molecule has 0 heterocycles. The van der Waals surface area contributed by atoms with Crippen LogP contribution in [0, 0.1) is 11.3 Å². The molecule has 0 saturated carbocycles. The zero-order valence-electron chi connectivity index (χ0n) is 8.70. The first-order valence-electron chi connectivity index (χ1n) is 4.69. The van der Waals surface area contributed by atoms with Gasteiger partial charge in [-0.2, -0.15) is 0 Å². The molecule has 1 unspecified atom stereocenters. The van der Waals surface area contributed by atoms with E-state index in [0.29, 0.717) is 5.41 Å². The zero-order valence-corrected chi connectivity index (χ0v) is 8.70.